The van der Waals surface area contributed by atoms with Crippen molar-refractivity contribution in [1.82, 2.24) is 14.9 Å². The van der Waals surface area contributed by atoms with Crippen LogP contribution in [-0.2, 0) is 29.8 Å². The van der Waals surface area contributed by atoms with E-state index in [1.54, 1.807) is 18.1 Å². The number of rotatable bonds is 12. The Morgan fingerprint density at radius 1 is 1.03 bits per heavy atom. The minimum atomic E-state index is -4.20. The lowest BCUT2D eigenvalue weighted by Gasteiger charge is -2.30. The lowest BCUT2D eigenvalue weighted by Crippen LogP contribution is -2.45. The summed E-state index contributed by atoms with van der Waals surface area (Å²) in [6, 6.07) is 12.5. The number of fused-ring (bicyclic) bond motifs is 3. The van der Waals surface area contributed by atoms with Crippen LogP contribution >= 0.6 is 18.7 Å². The van der Waals surface area contributed by atoms with Crippen LogP contribution in [0.1, 0.15) is 103 Å². The third kappa shape index (κ3) is 10.2. The molecule has 15 heteroatoms. The van der Waals surface area contributed by atoms with E-state index in [0.29, 0.717) is 53.1 Å². The minimum Gasteiger partial charge on any atom is -0.497 e. The normalized spacial score (nSPS) is 26.0. The van der Waals surface area contributed by atoms with Crippen molar-refractivity contribution in [2.24, 2.45) is 11.8 Å². The molecule has 0 bridgehead atoms. The molecule has 4 heterocycles. The molecule has 6 atom stereocenters. The smallest absolute Gasteiger partial charge is 0.306 e. The molecule has 0 spiro atoms. The van der Waals surface area contributed by atoms with Crippen molar-refractivity contribution in [2.75, 3.05) is 19.0 Å². The largest absolute Gasteiger partial charge is 0.497 e. The number of carbonyl (C=O) groups is 3. The molecule has 3 fully saturated rings. The van der Waals surface area contributed by atoms with Gasteiger partial charge in [-0.3, -0.25) is 18.9 Å². The second-order valence-corrected chi connectivity index (χ2v) is 21.5. The van der Waals surface area contributed by atoms with Gasteiger partial charge in [0.2, 0.25) is 13.3 Å². The molecule has 1 unspecified atom stereocenters. The van der Waals surface area contributed by atoms with Crippen molar-refractivity contribution in [3.8, 4) is 22.9 Å². The highest BCUT2D eigenvalue weighted by Gasteiger charge is 2.65. The predicted molar refractivity (Wildman–Crippen MR) is 242 cm³/mol. The first-order chi connectivity index (χ1) is 30.3. The number of thiazole rings is 1. The van der Waals surface area contributed by atoms with Gasteiger partial charge in [0.15, 0.2) is 10.9 Å². The van der Waals surface area contributed by atoms with Crippen LogP contribution in [0.15, 0.2) is 66.1 Å². The van der Waals surface area contributed by atoms with Gasteiger partial charge >= 0.3 is 5.97 Å². The number of hydrogen-bond donors (Lipinski definition) is 2. The third-order valence-electron chi connectivity index (χ3n) is 13.1. The molecule has 2 aromatic carbocycles. The molecule has 2 aliphatic carbocycles. The number of amides is 1. The number of ether oxygens (including phenoxy) is 3. The summed E-state index contributed by atoms with van der Waals surface area (Å²) in [5, 5.41) is 5.40. The molecule has 2 N–H and O–H groups in total. The Kier molecular flexibility index (Phi) is 13.7. The summed E-state index contributed by atoms with van der Waals surface area (Å²) in [6.07, 6.45) is 9.97. The number of pyridine rings is 1. The molecule has 63 heavy (non-hydrogen) atoms. The van der Waals surface area contributed by atoms with E-state index in [1.165, 1.54) is 29.5 Å². The zero-order valence-electron chi connectivity index (χ0n) is 36.3. The number of nitrogens with one attached hydrogen (secondary N) is 1. The van der Waals surface area contributed by atoms with E-state index >= 15 is 0 Å². The van der Waals surface area contributed by atoms with Gasteiger partial charge in [-0.05, 0) is 94.9 Å². The summed E-state index contributed by atoms with van der Waals surface area (Å²) in [6.45, 7) is 4.13. The fourth-order valence-electron chi connectivity index (χ4n) is 9.66. The molecule has 2 saturated carbocycles. The number of methoxy groups -OCH3 is 1. The predicted octanol–water partition coefficient (Wildman–Crippen LogP) is 9.88. The van der Waals surface area contributed by atoms with Crippen molar-refractivity contribution in [2.45, 2.75) is 133 Å². The van der Waals surface area contributed by atoms with Crippen molar-refractivity contribution in [3.63, 3.8) is 0 Å². The summed E-state index contributed by atoms with van der Waals surface area (Å²) in [5.74, 6) is -1.64. The number of carbonyl (C=O) groups excluding carboxylic acids is 3. The van der Waals surface area contributed by atoms with E-state index in [9.17, 15) is 28.2 Å². The van der Waals surface area contributed by atoms with Crippen LogP contribution in [0.5, 0.6) is 11.5 Å². The number of hydrogen-bond acceptors (Lipinski definition) is 11. The Morgan fingerprint density at radius 2 is 1.83 bits per heavy atom. The van der Waals surface area contributed by atoms with Crippen LogP contribution in [0.25, 0.3) is 22.3 Å². The average Bonchev–Trinajstić information content (AvgIpc) is 3.66. The zero-order chi connectivity index (χ0) is 44.3. The molecule has 12 nitrogen and oxygen atoms in total. The summed E-state index contributed by atoms with van der Waals surface area (Å²) in [7, 11) is -2.62. The Labute approximate surface area is 372 Å². The van der Waals surface area contributed by atoms with Crippen molar-refractivity contribution in [3.05, 3.63) is 77.4 Å². The molecule has 2 aliphatic heterocycles. The van der Waals surface area contributed by atoms with Crippen molar-refractivity contribution >= 4 is 52.4 Å². The molecule has 0 radical (unpaired) electrons. The lowest BCUT2D eigenvalue weighted by molar-refractivity contribution is -0.154. The van der Waals surface area contributed by atoms with Gasteiger partial charge in [0.1, 0.15) is 35.2 Å². The van der Waals surface area contributed by atoms with Gasteiger partial charge in [0.25, 0.3) is 0 Å². The maximum Gasteiger partial charge on any atom is 0.306 e. The number of ketones is 1. The second kappa shape index (κ2) is 19.2. The Hall–Kier alpha value is -4.65. The number of aromatic nitrogens is 2. The molecule has 2 aromatic heterocycles. The number of Topliss-reactive ketones (excluding diaryl/α,β-unsaturated/α-hetero) is 1. The van der Waals surface area contributed by atoms with E-state index in [4.69, 9.17) is 24.2 Å². The number of allylic oxidation sites excluding steroid dienone is 2. The Morgan fingerprint density at radius 3 is 2.60 bits per heavy atom. The highest BCUT2D eigenvalue weighted by Crippen LogP contribution is 2.74. The monoisotopic (exact) mass is 900 g/mol. The van der Waals surface area contributed by atoms with Crippen LogP contribution in [0.4, 0.5) is 9.52 Å². The van der Waals surface area contributed by atoms with Gasteiger partial charge in [-0.25, -0.2) is 14.4 Å². The van der Waals surface area contributed by atoms with Gasteiger partial charge in [-0.15, -0.1) is 11.3 Å². The highest BCUT2D eigenvalue weighted by atomic mass is 32.1. The van der Waals surface area contributed by atoms with Gasteiger partial charge in [0.05, 0.1) is 48.6 Å². The molecule has 4 aliphatic rings. The zero-order valence-corrected chi connectivity index (χ0v) is 38.0. The highest BCUT2D eigenvalue weighted by molar-refractivity contribution is 7.59. The fraction of sp³-hybridized carbons (Fsp3) is 0.521. The van der Waals surface area contributed by atoms with Gasteiger partial charge in [0, 0.05) is 47.7 Å². The standard InChI is InChI=1S/C48H58FN4O8PS/c1-30(2)50-47-52-41(29-63-47)40-24-44(37-20-19-35(59-3)22-39(37)51-40)60-36-23-42-43(54)26-48(62(57,58)28-32-14-9-12-18-38(32)49)25-33(48)15-8-6-4-5-7-13-31(46(56)53(42)27-36)21-45(55)61-34-16-10-11-17-34/h8-9,12,14-15,18-20,22,24,29-31,33-34,36,42H,4-7,10-11,13,16-17,21,23,25-28H2,1-3H3,(H,50,52)(H,57,58)/b15-8-/t31-,33+,36-,42+,48-/m1/s1. The topological polar surface area (TPSA) is 157 Å². The molecular formula is C48H58FN4O8PS. The van der Waals surface area contributed by atoms with Gasteiger partial charge < -0.3 is 29.3 Å². The van der Waals surface area contributed by atoms with E-state index in [2.05, 4.69) is 5.32 Å². The van der Waals surface area contributed by atoms with Crippen LogP contribution in [0, 0.1) is 17.7 Å². The Balaban J connectivity index is 1.13. The van der Waals surface area contributed by atoms with Crippen LogP contribution in [0.2, 0.25) is 0 Å². The van der Waals surface area contributed by atoms with Crippen molar-refractivity contribution in [1.29, 1.82) is 0 Å². The summed E-state index contributed by atoms with van der Waals surface area (Å²) in [4.78, 5) is 66.5. The number of anilines is 1. The van der Waals surface area contributed by atoms with E-state index in [0.717, 1.165) is 50.1 Å². The first-order valence-corrected chi connectivity index (χ1v) is 25.2. The number of benzene rings is 2. The quantitative estimate of drug-likeness (QED) is 0.0793. The van der Waals surface area contributed by atoms with Crippen LogP contribution < -0.4 is 14.8 Å². The molecule has 8 rings (SSSR count). The number of halogens is 1. The summed E-state index contributed by atoms with van der Waals surface area (Å²) >= 11 is 1.47. The van der Waals surface area contributed by atoms with Crippen molar-refractivity contribution < 1.29 is 42.4 Å². The first-order valence-electron chi connectivity index (χ1n) is 22.4. The molecular weight excluding hydrogens is 843 g/mol. The number of esters is 1. The van der Waals surface area contributed by atoms with E-state index < -0.39 is 48.5 Å². The first kappa shape index (κ1) is 44.9. The fourth-order valence-corrected chi connectivity index (χ4v) is 13.0. The minimum absolute atomic E-state index is 0.0558. The van der Waals surface area contributed by atoms with E-state index in [1.807, 2.05) is 55.6 Å². The van der Waals surface area contributed by atoms with Crippen LogP contribution in [-0.4, -0.2) is 80.5 Å². The molecule has 336 valence electrons. The summed E-state index contributed by atoms with van der Waals surface area (Å²) in [5.41, 5.74) is 1.96. The van der Waals surface area contributed by atoms with Crippen LogP contribution in [0.3, 0.4) is 0 Å². The number of nitrogens with zero attached hydrogens (tertiary/aromatic N) is 3. The molecule has 4 aromatic rings. The average molecular weight is 901 g/mol. The van der Waals surface area contributed by atoms with Gasteiger partial charge in [-0.1, -0.05) is 43.2 Å². The van der Waals surface area contributed by atoms with E-state index in [-0.39, 0.29) is 61.1 Å². The third-order valence-corrected chi connectivity index (χ3v) is 16.8. The lowest BCUT2D eigenvalue weighted by atomic mass is 9.94. The molecule has 1 saturated heterocycles. The molecule has 1 amide bonds. The maximum absolute atomic E-state index is 15.0. The summed E-state index contributed by atoms with van der Waals surface area (Å²) < 4.78 is 47.8. The Bertz CT molecular complexity index is 2400. The maximum atomic E-state index is 15.0. The van der Waals surface area contributed by atoms with Gasteiger partial charge in [-0.2, -0.15) is 0 Å². The second-order valence-electron chi connectivity index (χ2n) is 18.1. The SMILES string of the molecule is COc1ccc2c(O[C@@H]3C[C@H]4C(=O)C[C@]5(P(=O)(O)Cc6ccccc6F)C[C@@H]5/C=C\CCCCC[C@H](CC(=O)OC5CCCC5)C(=O)N4C3)cc(-c3csc(NC(C)C)n3)nc2c1.